The summed E-state index contributed by atoms with van der Waals surface area (Å²) in [5.74, 6) is 0.0605. The first kappa shape index (κ1) is 17.3. The lowest BCUT2D eigenvalue weighted by atomic mass is 10.2. The molecule has 2 N–H and O–H groups in total. The van der Waals surface area contributed by atoms with E-state index in [0.717, 1.165) is 23.5 Å². The molecular weight excluding hydrogens is 339 g/mol. The summed E-state index contributed by atoms with van der Waals surface area (Å²) in [5.41, 5.74) is 1.08. The predicted octanol–water partition coefficient (Wildman–Crippen LogP) is 2.78. The Labute approximate surface area is 144 Å². The van der Waals surface area contributed by atoms with E-state index in [1.165, 1.54) is 4.90 Å². The van der Waals surface area contributed by atoms with Crippen molar-refractivity contribution in [2.24, 2.45) is 0 Å². The fourth-order valence-corrected chi connectivity index (χ4v) is 3.10. The first-order valence-electron chi connectivity index (χ1n) is 7.15. The molecule has 6 heteroatoms. The van der Waals surface area contributed by atoms with Crippen molar-refractivity contribution in [2.75, 3.05) is 13.1 Å². The van der Waals surface area contributed by atoms with Crippen molar-refractivity contribution in [2.45, 2.75) is 20.0 Å². The van der Waals surface area contributed by atoms with Gasteiger partial charge in [-0.2, -0.15) is 0 Å². The Kier molecular flexibility index (Phi) is 6.70. The Morgan fingerprint density at radius 1 is 1.27 bits per heavy atom. The van der Waals surface area contributed by atoms with Crippen LogP contribution in [-0.2, 0) is 17.9 Å². The third-order valence-electron chi connectivity index (χ3n) is 3.39. The van der Waals surface area contributed by atoms with Crippen LogP contribution in [0.1, 0.15) is 17.4 Å². The molecule has 1 heterocycles. The monoisotopic (exact) mass is 357 g/mol. The van der Waals surface area contributed by atoms with Gasteiger partial charge < -0.3 is 10.2 Å². The third-order valence-corrected chi connectivity index (χ3v) is 5.00. The average molecular weight is 358 g/mol. The normalized spacial score (nSPS) is 12.1. The summed E-state index contributed by atoms with van der Waals surface area (Å²) in [6.45, 7) is 4.73. The van der Waals surface area contributed by atoms with Gasteiger partial charge in [0.25, 0.3) is 5.91 Å². The molecule has 2 aromatic rings. The zero-order valence-electron chi connectivity index (χ0n) is 12.4. The van der Waals surface area contributed by atoms with Gasteiger partial charge in [-0.05, 0) is 30.5 Å². The summed E-state index contributed by atoms with van der Waals surface area (Å²) in [6.07, 6.45) is 0. The van der Waals surface area contributed by atoms with E-state index in [-0.39, 0.29) is 5.91 Å². The van der Waals surface area contributed by atoms with Crippen LogP contribution in [-0.4, -0.2) is 19.0 Å². The van der Waals surface area contributed by atoms with Crippen LogP contribution in [0.5, 0.6) is 0 Å². The highest BCUT2D eigenvalue weighted by Gasteiger charge is 2.13. The van der Waals surface area contributed by atoms with Crippen LogP contribution in [0.4, 0.5) is 0 Å². The van der Waals surface area contributed by atoms with E-state index in [4.69, 9.17) is 23.2 Å². The van der Waals surface area contributed by atoms with Gasteiger partial charge in [0.2, 0.25) is 0 Å². The fourth-order valence-electron chi connectivity index (χ4n) is 2.14. The maximum absolute atomic E-state index is 12.0. The Morgan fingerprint density at radius 2 is 2.09 bits per heavy atom. The van der Waals surface area contributed by atoms with E-state index in [9.17, 15) is 4.79 Å². The number of rotatable bonds is 7. The van der Waals surface area contributed by atoms with Crippen molar-refractivity contribution in [3.63, 3.8) is 0 Å². The molecule has 3 nitrogen and oxygen atoms in total. The third kappa shape index (κ3) is 5.29. The molecule has 0 bridgehead atoms. The van der Waals surface area contributed by atoms with Crippen molar-refractivity contribution in [1.82, 2.24) is 5.32 Å². The fraction of sp³-hybridized carbons (Fsp3) is 0.312. The standard InChI is InChI=1S/C16H18Cl2N2OS/c1-2-20(10-12-5-6-14(17)15(18)8-12)11-16(21)19-9-13-4-3-7-22-13/h3-8H,2,9-11H2,1H3,(H,19,21)/p+1. The molecule has 0 saturated carbocycles. The summed E-state index contributed by atoms with van der Waals surface area (Å²) in [6, 6.07) is 9.62. The van der Waals surface area contributed by atoms with Gasteiger partial charge in [-0.15, -0.1) is 11.3 Å². The Hall–Kier alpha value is -1.07. The number of carbonyl (C=O) groups excluding carboxylic acids is 1. The molecule has 1 unspecified atom stereocenters. The SMILES string of the molecule is CC[NH+](CC(=O)NCc1cccs1)Cc1ccc(Cl)c(Cl)c1. The van der Waals surface area contributed by atoms with Gasteiger partial charge in [0, 0.05) is 10.4 Å². The van der Waals surface area contributed by atoms with Crippen molar-refractivity contribution >= 4 is 40.4 Å². The number of benzene rings is 1. The smallest absolute Gasteiger partial charge is 0.275 e. The molecule has 0 saturated heterocycles. The number of amides is 1. The molecular formula is C16H19Cl2N2OS+. The number of quaternary nitrogens is 1. The van der Waals surface area contributed by atoms with Gasteiger partial charge >= 0.3 is 0 Å². The predicted molar refractivity (Wildman–Crippen MR) is 92.7 cm³/mol. The lowest BCUT2D eigenvalue weighted by Gasteiger charge is -2.17. The quantitative estimate of drug-likeness (QED) is 0.784. The first-order valence-corrected chi connectivity index (χ1v) is 8.78. The van der Waals surface area contributed by atoms with Crippen LogP contribution >= 0.6 is 34.5 Å². The molecule has 0 radical (unpaired) electrons. The summed E-state index contributed by atoms with van der Waals surface area (Å²) in [4.78, 5) is 14.4. The lowest BCUT2D eigenvalue weighted by molar-refractivity contribution is -0.904. The van der Waals surface area contributed by atoms with E-state index in [1.807, 2.05) is 29.6 Å². The van der Waals surface area contributed by atoms with Crippen molar-refractivity contribution in [3.8, 4) is 0 Å². The molecule has 1 aromatic heterocycles. The van der Waals surface area contributed by atoms with E-state index >= 15 is 0 Å². The molecule has 0 aliphatic heterocycles. The van der Waals surface area contributed by atoms with Gasteiger partial charge in [0.15, 0.2) is 6.54 Å². The highest BCUT2D eigenvalue weighted by Crippen LogP contribution is 2.22. The molecule has 0 aliphatic carbocycles. The Morgan fingerprint density at radius 3 is 2.73 bits per heavy atom. The Bertz CT molecular complexity index is 617. The molecule has 2 rings (SSSR count). The number of hydrogen-bond acceptors (Lipinski definition) is 2. The van der Waals surface area contributed by atoms with Crippen LogP contribution in [0.2, 0.25) is 10.0 Å². The molecule has 118 valence electrons. The number of thiophene rings is 1. The minimum Gasteiger partial charge on any atom is -0.346 e. The average Bonchev–Trinajstić information content (AvgIpc) is 3.01. The van der Waals surface area contributed by atoms with Gasteiger partial charge in [-0.3, -0.25) is 4.79 Å². The topological polar surface area (TPSA) is 33.5 Å². The maximum Gasteiger partial charge on any atom is 0.275 e. The van der Waals surface area contributed by atoms with Crippen LogP contribution in [0.15, 0.2) is 35.7 Å². The maximum atomic E-state index is 12.0. The van der Waals surface area contributed by atoms with Crippen LogP contribution in [0, 0.1) is 0 Å². The molecule has 0 aliphatic rings. The number of carbonyl (C=O) groups is 1. The highest BCUT2D eigenvalue weighted by atomic mass is 35.5. The second-order valence-electron chi connectivity index (χ2n) is 5.06. The second-order valence-corrected chi connectivity index (χ2v) is 6.91. The highest BCUT2D eigenvalue weighted by molar-refractivity contribution is 7.09. The van der Waals surface area contributed by atoms with E-state index in [2.05, 4.69) is 12.2 Å². The summed E-state index contributed by atoms with van der Waals surface area (Å²) in [7, 11) is 0. The van der Waals surface area contributed by atoms with Crippen molar-refractivity contribution < 1.29 is 9.69 Å². The number of likely N-dealkylation sites (N-methyl/N-ethyl adjacent to an activating group) is 1. The van der Waals surface area contributed by atoms with Gasteiger partial charge in [-0.25, -0.2) is 0 Å². The van der Waals surface area contributed by atoms with E-state index < -0.39 is 0 Å². The molecule has 1 aromatic carbocycles. The zero-order valence-corrected chi connectivity index (χ0v) is 14.7. The molecule has 22 heavy (non-hydrogen) atoms. The van der Waals surface area contributed by atoms with Crippen LogP contribution < -0.4 is 10.2 Å². The second kappa shape index (κ2) is 8.53. The molecule has 0 fully saturated rings. The first-order chi connectivity index (χ1) is 10.6. The molecule has 1 amide bonds. The molecule has 0 spiro atoms. The van der Waals surface area contributed by atoms with Crippen molar-refractivity contribution in [3.05, 3.63) is 56.2 Å². The zero-order chi connectivity index (χ0) is 15.9. The largest absolute Gasteiger partial charge is 0.346 e. The van der Waals surface area contributed by atoms with Crippen LogP contribution in [0.25, 0.3) is 0 Å². The number of hydrogen-bond donors (Lipinski definition) is 2. The lowest BCUT2D eigenvalue weighted by Crippen LogP contribution is -3.11. The summed E-state index contributed by atoms with van der Waals surface area (Å²) < 4.78 is 0. The number of halogens is 2. The summed E-state index contributed by atoms with van der Waals surface area (Å²) in [5, 5.41) is 6.07. The Balaban J connectivity index is 1.85. The minimum absolute atomic E-state index is 0.0605. The van der Waals surface area contributed by atoms with Gasteiger partial charge in [0.1, 0.15) is 6.54 Å². The van der Waals surface area contributed by atoms with E-state index in [1.54, 1.807) is 17.4 Å². The van der Waals surface area contributed by atoms with Crippen LogP contribution in [0.3, 0.4) is 0 Å². The number of nitrogens with one attached hydrogen (secondary N) is 2. The summed E-state index contributed by atoms with van der Waals surface area (Å²) >= 11 is 13.6. The van der Waals surface area contributed by atoms with Gasteiger partial charge in [-0.1, -0.05) is 35.3 Å². The minimum atomic E-state index is 0.0605. The van der Waals surface area contributed by atoms with Crippen molar-refractivity contribution in [1.29, 1.82) is 0 Å². The van der Waals surface area contributed by atoms with Gasteiger partial charge in [0.05, 0.1) is 23.1 Å². The van der Waals surface area contributed by atoms with E-state index in [0.29, 0.717) is 23.1 Å². The molecule has 1 atom stereocenters.